The number of nitrogens with one attached hydrogen (secondary N) is 1. The fourth-order valence-corrected chi connectivity index (χ4v) is 6.67. The largest absolute Gasteiger partial charge is 0.306 e. The SMILES string of the molecule is CC(C)C[C@@H]1N[C@]2(C(=O)N(Cc3ccccc3F)c3ccccc32)[C@@H]2C(=O)N(c3cccc(Cl)c3)C(=O)[C@@H]12. The molecule has 194 valence electrons. The van der Waals surface area contributed by atoms with Gasteiger partial charge in [0.2, 0.25) is 11.8 Å². The summed E-state index contributed by atoms with van der Waals surface area (Å²) in [6.45, 7) is 4.11. The van der Waals surface area contributed by atoms with Gasteiger partial charge in [-0.25, -0.2) is 9.29 Å². The maximum atomic E-state index is 14.7. The van der Waals surface area contributed by atoms with Gasteiger partial charge in [0.15, 0.2) is 0 Å². The number of benzene rings is 3. The number of nitrogens with zero attached hydrogens (tertiary/aromatic N) is 2. The van der Waals surface area contributed by atoms with Crippen molar-refractivity contribution in [2.24, 2.45) is 17.8 Å². The molecule has 1 spiro atoms. The molecule has 2 fully saturated rings. The highest BCUT2D eigenvalue weighted by Gasteiger charge is 2.71. The zero-order valence-corrected chi connectivity index (χ0v) is 21.8. The van der Waals surface area contributed by atoms with Crippen molar-refractivity contribution in [1.82, 2.24) is 5.32 Å². The van der Waals surface area contributed by atoms with E-state index < -0.39 is 35.1 Å². The van der Waals surface area contributed by atoms with Gasteiger partial charge in [0.05, 0.1) is 24.1 Å². The Labute approximate surface area is 225 Å². The van der Waals surface area contributed by atoms with Gasteiger partial charge in [-0.2, -0.15) is 0 Å². The van der Waals surface area contributed by atoms with Crippen LogP contribution in [0, 0.1) is 23.6 Å². The summed E-state index contributed by atoms with van der Waals surface area (Å²) in [5.41, 5.74) is 0.569. The third-order valence-corrected chi connectivity index (χ3v) is 8.18. The van der Waals surface area contributed by atoms with E-state index in [9.17, 15) is 18.8 Å². The molecule has 0 saturated carbocycles. The molecule has 1 N–H and O–H groups in total. The van der Waals surface area contributed by atoms with Gasteiger partial charge in [-0.3, -0.25) is 19.7 Å². The van der Waals surface area contributed by atoms with Gasteiger partial charge in [0, 0.05) is 27.9 Å². The van der Waals surface area contributed by atoms with Gasteiger partial charge < -0.3 is 4.90 Å². The Balaban J connectivity index is 1.50. The summed E-state index contributed by atoms with van der Waals surface area (Å²) in [5, 5.41) is 3.91. The summed E-state index contributed by atoms with van der Waals surface area (Å²) >= 11 is 6.20. The van der Waals surface area contributed by atoms with E-state index in [-0.39, 0.29) is 24.3 Å². The summed E-state index contributed by atoms with van der Waals surface area (Å²) in [4.78, 5) is 45.3. The zero-order valence-electron chi connectivity index (χ0n) is 21.0. The molecule has 3 aromatic carbocycles. The molecule has 0 radical (unpaired) electrons. The number of anilines is 2. The molecule has 0 bridgehead atoms. The second-order valence-electron chi connectivity index (χ2n) is 10.7. The lowest BCUT2D eigenvalue weighted by Crippen LogP contribution is -2.55. The van der Waals surface area contributed by atoms with Gasteiger partial charge in [0.25, 0.3) is 5.91 Å². The minimum atomic E-state index is -1.44. The Morgan fingerprint density at radius 1 is 0.974 bits per heavy atom. The maximum absolute atomic E-state index is 14.7. The number of imide groups is 1. The monoisotopic (exact) mass is 531 g/mol. The number of rotatable bonds is 5. The lowest BCUT2D eigenvalue weighted by molar-refractivity contribution is -0.132. The minimum Gasteiger partial charge on any atom is -0.306 e. The van der Waals surface area contributed by atoms with Gasteiger partial charge in [-0.15, -0.1) is 0 Å². The molecule has 6 rings (SSSR count). The minimum absolute atomic E-state index is 0.0122. The maximum Gasteiger partial charge on any atom is 0.253 e. The van der Waals surface area contributed by atoms with Gasteiger partial charge in [0.1, 0.15) is 11.4 Å². The Bertz CT molecular complexity index is 1480. The van der Waals surface area contributed by atoms with Crippen LogP contribution in [0.3, 0.4) is 0 Å². The van der Waals surface area contributed by atoms with Crippen LogP contribution in [0.5, 0.6) is 0 Å². The van der Waals surface area contributed by atoms with E-state index in [1.165, 1.54) is 15.9 Å². The fraction of sp³-hybridized carbons (Fsp3) is 0.300. The van der Waals surface area contributed by atoms with Crippen LogP contribution in [-0.2, 0) is 26.5 Å². The molecule has 3 amide bonds. The Kier molecular flexibility index (Phi) is 5.89. The van der Waals surface area contributed by atoms with Crippen molar-refractivity contribution in [3.8, 4) is 0 Å². The number of carbonyl (C=O) groups is 3. The summed E-state index contributed by atoms with van der Waals surface area (Å²) in [6.07, 6.45) is 0.605. The highest BCUT2D eigenvalue weighted by molar-refractivity contribution is 6.31. The summed E-state index contributed by atoms with van der Waals surface area (Å²) in [6, 6.07) is 19.9. The van der Waals surface area contributed by atoms with Crippen LogP contribution in [0.1, 0.15) is 31.4 Å². The molecule has 3 aliphatic heterocycles. The lowest BCUT2D eigenvalue weighted by Gasteiger charge is -2.31. The molecule has 3 aromatic rings. The Morgan fingerprint density at radius 3 is 2.45 bits per heavy atom. The summed E-state index contributed by atoms with van der Waals surface area (Å²) in [7, 11) is 0. The van der Waals surface area contributed by atoms with Crippen LogP contribution in [0.25, 0.3) is 0 Å². The average molecular weight is 532 g/mol. The van der Waals surface area contributed by atoms with Crippen LogP contribution in [0.2, 0.25) is 5.02 Å². The zero-order chi connectivity index (χ0) is 26.8. The molecule has 0 aromatic heterocycles. The first-order valence-electron chi connectivity index (χ1n) is 12.8. The van der Waals surface area contributed by atoms with E-state index in [0.29, 0.717) is 33.9 Å². The molecule has 0 unspecified atom stereocenters. The molecule has 0 aliphatic carbocycles. The Hall–Kier alpha value is -3.55. The highest BCUT2D eigenvalue weighted by Crippen LogP contribution is 2.56. The number of hydrogen-bond donors (Lipinski definition) is 1. The van der Waals surface area contributed by atoms with Gasteiger partial charge >= 0.3 is 0 Å². The number of hydrogen-bond acceptors (Lipinski definition) is 4. The molecule has 6 nitrogen and oxygen atoms in total. The van der Waals surface area contributed by atoms with Gasteiger partial charge in [-0.05, 0) is 42.7 Å². The quantitative estimate of drug-likeness (QED) is 0.468. The number of para-hydroxylation sites is 1. The number of amides is 3. The number of fused-ring (bicyclic) bond motifs is 4. The van der Waals surface area contributed by atoms with Crippen LogP contribution in [0.4, 0.5) is 15.8 Å². The number of halogens is 2. The van der Waals surface area contributed by atoms with Crippen molar-refractivity contribution >= 4 is 40.7 Å². The molecular weight excluding hydrogens is 505 g/mol. The smallest absolute Gasteiger partial charge is 0.253 e. The van der Waals surface area contributed by atoms with E-state index in [0.717, 1.165) is 0 Å². The van der Waals surface area contributed by atoms with Crippen LogP contribution in [0.15, 0.2) is 72.8 Å². The summed E-state index contributed by atoms with van der Waals surface area (Å²) in [5.74, 6) is -2.99. The summed E-state index contributed by atoms with van der Waals surface area (Å²) < 4.78 is 14.7. The van der Waals surface area contributed by atoms with E-state index in [1.807, 2.05) is 38.1 Å². The van der Waals surface area contributed by atoms with E-state index in [2.05, 4.69) is 5.32 Å². The van der Waals surface area contributed by atoms with Crippen molar-refractivity contribution in [3.63, 3.8) is 0 Å². The van der Waals surface area contributed by atoms with Crippen molar-refractivity contribution in [1.29, 1.82) is 0 Å². The van der Waals surface area contributed by atoms with E-state index in [4.69, 9.17) is 11.6 Å². The Morgan fingerprint density at radius 2 is 1.71 bits per heavy atom. The molecular formula is C30H27ClFN3O3. The normalized spacial score (nSPS) is 26.1. The molecule has 4 atom stereocenters. The first-order chi connectivity index (χ1) is 18.2. The molecule has 38 heavy (non-hydrogen) atoms. The topological polar surface area (TPSA) is 69.7 Å². The molecule has 8 heteroatoms. The lowest BCUT2D eigenvalue weighted by atomic mass is 9.76. The predicted molar refractivity (Wildman–Crippen MR) is 143 cm³/mol. The second-order valence-corrected chi connectivity index (χ2v) is 11.1. The van der Waals surface area contributed by atoms with E-state index in [1.54, 1.807) is 42.5 Å². The molecule has 3 aliphatic rings. The van der Waals surface area contributed by atoms with Crippen molar-refractivity contribution in [2.75, 3.05) is 9.80 Å². The van der Waals surface area contributed by atoms with E-state index >= 15 is 0 Å². The average Bonchev–Trinajstić information content (AvgIpc) is 3.44. The van der Waals surface area contributed by atoms with Crippen molar-refractivity contribution in [3.05, 3.63) is 94.8 Å². The van der Waals surface area contributed by atoms with Crippen molar-refractivity contribution in [2.45, 2.75) is 38.4 Å². The van der Waals surface area contributed by atoms with Crippen molar-refractivity contribution < 1.29 is 18.8 Å². The standard InChI is InChI=1S/C30H27ClFN3O3/c1-17(2)14-23-25-26(28(37)35(27(25)36)20-10-7-9-19(31)15-20)30(33-23)21-11-4-6-13-24(21)34(29(30)38)16-18-8-3-5-12-22(18)32/h3-13,15,17,23,25-26,33H,14,16H2,1-2H3/t23-,25-,26-,30-/m0/s1. The van der Waals surface area contributed by atoms with Crippen LogP contribution in [-0.4, -0.2) is 23.8 Å². The number of carbonyl (C=O) groups excluding carboxylic acids is 3. The highest BCUT2D eigenvalue weighted by atomic mass is 35.5. The molecule has 3 heterocycles. The molecule has 2 saturated heterocycles. The van der Waals surface area contributed by atoms with Gasteiger partial charge in [-0.1, -0.05) is 67.9 Å². The van der Waals surface area contributed by atoms with Crippen LogP contribution >= 0.6 is 11.6 Å². The third kappa shape index (κ3) is 3.52. The first-order valence-corrected chi connectivity index (χ1v) is 13.2. The second kappa shape index (κ2) is 9.03. The first kappa shape index (κ1) is 24.8. The fourth-order valence-electron chi connectivity index (χ4n) is 6.48. The predicted octanol–water partition coefficient (Wildman–Crippen LogP) is 5.04. The van der Waals surface area contributed by atoms with Crippen LogP contribution < -0.4 is 15.1 Å². The third-order valence-electron chi connectivity index (χ3n) is 7.94.